The lowest BCUT2D eigenvalue weighted by molar-refractivity contribution is -0.128. The Labute approximate surface area is 131 Å². The maximum absolute atomic E-state index is 15.0. The lowest BCUT2D eigenvalue weighted by atomic mass is 9.54. The normalized spacial score (nSPS) is 23.6. The summed E-state index contributed by atoms with van der Waals surface area (Å²) in [7, 11) is 0. The fraction of sp³-hybridized carbons (Fsp3) is 0.235. The first-order valence-electron chi connectivity index (χ1n) is 7.46. The maximum Gasteiger partial charge on any atom is 0.228 e. The Morgan fingerprint density at radius 3 is 2.87 bits per heavy atom. The van der Waals surface area contributed by atoms with Crippen LogP contribution in [0, 0.1) is 5.82 Å². The summed E-state index contributed by atoms with van der Waals surface area (Å²) in [6.45, 7) is 0. The van der Waals surface area contributed by atoms with Crippen molar-refractivity contribution in [1.82, 2.24) is 15.2 Å². The van der Waals surface area contributed by atoms with E-state index in [0.717, 1.165) is 12.0 Å². The zero-order valence-corrected chi connectivity index (χ0v) is 12.3. The largest absolute Gasteiger partial charge is 0.369 e. The third-order valence-electron chi connectivity index (χ3n) is 4.99. The SMILES string of the molecule is NC(=O)C1(c2ccc3[nH]ncc3c2F)CCC1c1cccnc1. The van der Waals surface area contributed by atoms with E-state index in [9.17, 15) is 9.18 Å². The molecule has 5 nitrogen and oxygen atoms in total. The number of halogens is 1. The molecule has 0 aliphatic heterocycles. The molecule has 1 aliphatic carbocycles. The number of aromatic nitrogens is 3. The van der Waals surface area contributed by atoms with Gasteiger partial charge in [0.1, 0.15) is 5.82 Å². The molecule has 2 atom stereocenters. The summed E-state index contributed by atoms with van der Waals surface area (Å²) in [5, 5.41) is 6.97. The number of amides is 1. The number of carbonyl (C=O) groups excluding carboxylic acids is 1. The van der Waals surface area contributed by atoms with Gasteiger partial charge in [-0.1, -0.05) is 12.1 Å². The van der Waals surface area contributed by atoms with Crippen LogP contribution < -0.4 is 5.73 Å². The third kappa shape index (κ3) is 1.81. The van der Waals surface area contributed by atoms with Gasteiger partial charge < -0.3 is 5.73 Å². The highest BCUT2D eigenvalue weighted by Gasteiger charge is 2.54. The van der Waals surface area contributed by atoms with Crippen molar-refractivity contribution in [1.29, 1.82) is 0 Å². The second kappa shape index (κ2) is 4.87. The van der Waals surface area contributed by atoms with Gasteiger partial charge in [-0.25, -0.2) is 4.39 Å². The molecule has 0 bridgehead atoms. The quantitative estimate of drug-likeness (QED) is 0.779. The summed E-state index contributed by atoms with van der Waals surface area (Å²) in [5.41, 5.74) is 6.56. The van der Waals surface area contributed by atoms with Gasteiger partial charge in [-0.15, -0.1) is 0 Å². The van der Waals surface area contributed by atoms with Crippen molar-refractivity contribution < 1.29 is 9.18 Å². The van der Waals surface area contributed by atoms with E-state index < -0.39 is 17.1 Å². The standard InChI is InChI=1S/C17H15FN4O/c18-15-11-9-21-22-14(11)4-3-13(15)17(16(19)23)6-5-12(17)10-2-1-7-20-8-10/h1-4,7-9,12H,5-6H2,(H2,19,23)(H,21,22). The van der Waals surface area contributed by atoms with E-state index in [2.05, 4.69) is 15.2 Å². The number of hydrogen-bond donors (Lipinski definition) is 2. The molecule has 3 N–H and O–H groups in total. The van der Waals surface area contributed by atoms with Crippen molar-refractivity contribution in [2.24, 2.45) is 5.73 Å². The molecule has 2 aromatic heterocycles. The molecule has 6 heteroatoms. The Kier molecular flexibility index (Phi) is 2.94. The number of aromatic amines is 1. The molecule has 0 radical (unpaired) electrons. The molecule has 0 spiro atoms. The highest BCUT2D eigenvalue weighted by Crippen LogP contribution is 2.55. The first kappa shape index (κ1) is 13.9. The second-order valence-corrected chi connectivity index (χ2v) is 5.97. The van der Waals surface area contributed by atoms with Gasteiger partial charge in [0.2, 0.25) is 5.91 Å². The predicted molar refractivity (Wildman–Crippen MR) is 83.1 cm³/mol. The number of nitrogens with zero attached hydrogens (tertiary/aromatic N) is 2. The van der Waals surface area contributed by atoms with Gasteiger partial charge >= 0.3 is 0 Å². The van der Waals surface area contributed by atoms with Crippen LogP contribution in [-0.4, -0.2) is 21.1 Å². The van der Waals surface area contributed by atoms with Crippen molar-refractivity contribution in [3.05, 3.63) is 59.8 Å². The van der Waals surface area contributed by atoms with Gasteiger partial charge in [0.05, 0.1) is 22.5 Å². The summed E-state index contributed by atoms with van der Waals surface area (Å²) >= 11 is 0. The van der Waals surface area contributed by atoms with Crippen LogP contribution in [-0.2, 0) is 10.2 Å². The van der Waals surface area contributed by atoms with Crippen molar-refractivity contribution in [3.8, 4) is 0 Å². The first-order chi connectivity index (χ1) is 11.1. The van der Waals surface area contributed by atoms with Gasteiger partial charge in [0.25, 0.3) is 0 Å². The van der Waals surface area contributed by atoms with Gasteiger partial charge in [-0.05, 0) is 30.5 Å². The van der Waals surface area contributed by atoms with E-state index in [4.69, 9.17) is 5.73 Å². The smallest absolute Gasteiger partial charge is 0.228 e. The summed E-state index contributed by atoms with van der Waals surface area (Å²) in [6.07, 6.45) is 6.13. The second-order valence-electron chi connectivity index (χ2n) is 5.97. The monoisotopic (exact) mass is 310 g/mol. The van der Waals surface area contributed by atoms with Crippen molar-refractivity contribution in [2.75, 3.05) is 0 Å². The summed E-state index contributed by atoms with van der Waals surface area (Å²) in [6, 6.07) is 7.10. The molecule has 2 heterocycles. The van der Waals surface area contributed by atoms with Crippen LogP contribution in [0.2, 0.25) is 0 Å². The highest BCUT2D eigenvalue weighted by atomic mass is 19.1. The van der Waals surface area contributed by atoms with Gasteiger partial charge in [-0.2, -0.15) is 5.10 Å². The fourth-order valence-electron chi connectivity index (χ4n) is 3.69. The number of pyridine rings is 1. The molecule has 23 heavy (non-hydrogen) atoms. The van der Waals surface area contributed by atoms with Gasteiger partial charge in [0.15, 0.2) is 0 Å². The predicted octanol–water partition coefficient (Wildman–Crippen LogP) is 2.40. The average molecular weight is 310 g/mol. The molecule has 1 aromatic carbocycles. The van der Waals surface area contributed by atoms with E-state index in [0.29, 0.717) is 22.9 Å². The molecule has 2 unspecified atom stereocenters. The number of nitrogens with one attached hydrogen (secondary N) is 1. The Hall–Kier alpha value is -2.76. The summed E-state index contributed by atoms with van der Waals surface area (Å²) in [5.74, 6) is -1.09. The van der Waals surface area contributed by atoms with E-state index in [1.807, 2.05) is 12.1 Å². The topological polar surface area (TPSA) is 84.7 Å². The van der Waals surface area contributed by atoms with Crippen molar-refractivity contribution in [3.63, 3.8) is 0 Å². The van der Waals surface area contributed by atoms with E-state index in [1.165, 1.54) is 6.20 Å². The number of hydrogen-bond acceptors (Lipinski definition) is 3. The number of fused-ring (bicyclic) bond motifs is 1. The van der Waals surface area contributed by atoms with E-state index in [1.54, 1.807) is 24.5 Å². The lowest BCUT2D eigenvalue weighted by Crippen LogP contribution is -2.53. The molecular weight excluding hydrogens is 295 g/mol. The maximum atomic E-state index is 15.0. The van der Waals surface area contributed by atoms with Crippen molar-refractivity contribution >= 4 is 16.8 Å². The number of H-pyrrole nitrogens is 1. The van der Waals surface area contributed by atoms with Crippen molar-refractivity contribution in [2.45, 2.75) is 24.2 Å². The van der Waals surface area contributed by atoms with E-state index in [-0.39, 0.29) is 5.92 Å². The Balaban J connectivity index is 1.90. The van der Waals surface area contributed by atoms with Crippen LogP contribution >= 0.6 is 0 Å². The summed E-state index contributed by atoms with van der Waals surface area (Å²) < 4.78 is 15.0. The molecule has 116 valence electrons. The minimum absolute atomic E-state index is 0.160. The van der Waals surface area contributed by atoms with Gasteiger partial charge in [-0.3, -0.25) is 14.9 Å². The van der Waals surface area contributed by atoms with Crippen LogP contribution in [0.15, 0.2) is 42.9 Å². The van der Waals surface area contributed by atoms with Crippen LogP contribution in [0.3, 0.4) is 0 Å². The summed E-state index contributed by atoms with van der Waals surface area (Å²) in [4.78, 5) is 16.4. The average Bonchev–Trinajstić information content (AvgIpc) is 2.99. The Bertz CT molecular complexity index is 892. The van der Waals surface area contributed by atoms with E-state index >= 15 is 0 Å². The number of benzene rings is 1. The lowest BCUT2D eigenvalue weighted by Gasteiger charge is -2.47. The minimum Gasteiger partial charge on any atom is -0.369 e. The minimum atomic E-state index is -1.03. The highest BCUT2D eigenvalue weighted by molar-refractivity contribution is 5.91. The first-order valence-corrected chi connectivity index (χ1v) is 7.46. The Morgan fingerprint density at radius 2 is 2.22 bits per heavy atom. The third-order valence-corrected chi connectivity index (χ3v) is 4.99. The van der Waals surface area contributed by atoms with Crippen LogP contribution in [0.5, 0.6) is 0 Å². The number of rotatable bonds is 3. The molecule has 0 saturated heterocycles. The molecule has 1 saturated carbocycles. The van der Waals surface area contributed by atoms with Crippen LogP contribution in [0.25, 0.3) is 10.9 Å². The van der Waals surface area contributed by atoms with Gasteiger partial charge in [0, 0.05) is 23.9 Å². The molecule has 1 amide bonds. The molecule has 1 aliphatic rings. The molecule has 1 fully saturated rings. The zero-order chi connectivity index (χ0) is 16.0. The number of primary amides is 1. The fourth-order valence-corrected chi connectivity index (χ4v) is 3.69. The number of carbonyl (C=O) groups is 1. The van der Waals surface area contributed by atoms with Crippen LogP contribution in [0.1, 0.15) is 29.9 Å². The number of nitrogens with two attached hydrogens (primary N) is 1. The molecule has 4 rings (SSSR count). The molecular formula is C17H15FN4O. The Morgan fingerprint density at radius 1 is 1.35 bits per heavy atom. The van der Waals surface area contributed by atoms with Crippen LogP contribution in [0.4, 0.5) is 4.39 Å². The zero-order valence-electron chi connectivity index (χ0n) is 12.3. The molecule has 3 aromatic rings.